The summed E-state index contributed by atoms with van der Waals surface area (Å²) < 4.78 is 1.52. The quantitative estimate of drug-likeness (QED) is 0.882. The molecule has 1 saturated heterocycles. The molecule has 0 radical (unpaired) electrons. The number of anilines is 1. The fourth-order valence-corrected chi connectivity index (χ4v) is 2.43. The molecule has 0 spiro atoms. The van der Waals surface area contributed by atoms with Crippen molar-refractivity contribution in [3.8, 4) is 0 Å². The van der Waals surface area contributed by atoms with Gasteiger partial charge in [0.15, 0.2) is 0 Å². The van der Waals surface area contributed by atoms with Gasteiger partial charge in [-0.2, -0.15) is 0 Å². The van der Waals surface area contributed by atoms with Crippen LogP contribution in [0.5, 0.6) is 0 Å². The van der Waals surface area contributed by atoms with E-state index in [9.17, 15) is 9.59 Å². The van der Waals surface area contributed by atoms with Gasteiger partial charge in [-0.05, 0) is 39.2 Å². The summed E-state index contributed by atoms with van der Waals surface area (Å²) in [6.45, 7) is 5.26. The number of piperidine rings is 1. The first-order valence-corrected chi connectivity index (χ1v) is 6.81. The average molecular weight is 263 g/mol. The van der Waals surface area contributed by atoms with Crippen LogP contribution in [-0.4, -0.2) is 28.5 Å². The SMILES string of the molecule is CC(C)n1cc(N)cc(C(=O)N2CCCCC2)c1=O. The van der Waals surface area contributed by atoms with Crippen LogP contribution in [0.4, 0.5) is 5.69 Å². The smallest absolute Gasteiger partial charge is 0.263 e. The molecule has 0 bridgehead atoms. The molecular formula is C14H21N3O2. The number of nitrogens with zero attached hydrogens (tertiary/aromatic N) is 2. The lowest BCUT2D eigenvalue weighted by atomic mass is 10.1. The third kappa shape index (κ3) is 2.80. The van der Waals surface area contributed by atoms with Crippen molar-refractivity contribution in [2.45, 2.75) is 39.2 Å². The molecule has 19 heavy (non-hydrogen) atoms. The van der Waals surface area contributed by atoms with E-state index in [0.717, 1.165) is 32.4 Å². The summed E-state index contributed by atoms with van der Waals surface area (Å²) in [6.07, 6.45) is 4.76. The monoisotopic (exact) mass is 263 g/mol. The van der Waals surface area contributed by atoms with Crippen LogP contribution in [0.3, 0.4) is 0 Å². The van der Waals surface area contributed by atoms with Gasteiger partial charge in [0.1, 0.15) is 5.56 Å². The molecule has 2 rings (SSSR count). The first-order chi connectivity index (χ1) is 9.00. The van der Waals surface area contributed by atoms with Gasteiger partial charge in [0.2, 0.25) is 0 Å². The largest absolute Gasteiger partial charge is 0.398 e. The molecule has 1 aliphatic rings. The Bertz CT molecular complexity index is 528. The lowest BCUT2D eigenvalue weighted by Crippen LogP contribution is -2.40. The number of carbonyl (C=O) groups is 1. The number of rotatable bonds is 2. The Morgan fingerprint density at radius 2 is 1.89 bits per heavy atom. The van der Waals surface area contributed by atoms with Gasteiger partial charge in [0.25, 0.3) is 11.5 Å². The van der Waals surface area contributed by atoms with E-state index in [1.807, 2.05) is 13.8 Å². The van der Waals surface area contributed by atoms with Gasteiger partial charge in [-0.1, -0.05) is 0 Å². The Morgan fingerprint density at radius 1 is 1.26 bits per heavy atom. The number of hydrogen-bond acceptors (Lipinski definition) is 3. The van der Waals surface area contributed by atoms with E-state index in [2.05, 4.69) is 0 Å². The number of hydrogen-bond donors (Lipinski definition) is 1. The van der Waals surface area contributed by atoms with Gasteiger partial charge in [0.05, 0.1) is 0 Å². The minimum absolute atomic E-state index is 0.0103. The van der Waals surface area contributed by atoms with Gasteiger partial charge in [-0.15, -0.1) is 0 Å². The molecule has 1 aliphatic heterocycles. The lowest BCUT2D eigenvalue weighted by Gasteiger charge is -2.27. The molecule has 1 aromatic heterocycles. The first kappa shape index (κ1) is 13.6. The second-order valence-electron chi connectivity index (χ2n) is 5.35. The zero-order valence-corrected chi connectivity index (χ0v) is 11.6. The van der Waals surface area contributed by atoms with Crippen LogP contribution >= 0.6 is 0 Å². The molecule has 1 amide bonds. The van der Waals surface area contributed by atoms with Gasteiger partial charge < -0.3 is 15.2 Å². The molecular weight excluding hydrogens is 242 g/mol. The molecule has 2 heterocycles. The number of nitrogens with two attached hydrogens (primary N) is 1. The van der Waals surface area contributed by atoms with Crippen LogP contribution in [0.2, 0.25) is 0 Å². The number of likely N-dealkylation sites (tertiary alicyclic amines) is 1. The molecule has 0 aliphatic carbocycles. The van der Waals surface area contributed by atoms with Crippen LogP contribution in [0.1, 0.15) is 49.5 Å². The molecule has 104 valence electrons. The molecule has 1 fully saturated rings. The first-order valence-electron chi connectivity index (χ1n) is 6.81. The van der Waals surface area contributed by atoms with E-state index in [1.54, 1.807) is 11.1 Å². The second-order valence-corrected chi connectivity index (χ2v) is 5.35. The van der Waals surface area contributed by atoms with E-state index in [1.165, 1.54) is 10.6 Å². The maximum absolute atomic E-state index is 12.4. The minimum atomic E-state index is -0.250. The summed E-state index contributed by atoms with van der Waals surface area (Å²) in [6, 6.07) is 1.49. The second kappa shape index (κ2) is 5.47. The van der Waals surface area contributed by atoms with E-state index in [-0.39, 0.29) is 23.1 Å². The van der Waals surface area contributed by atoms with Crippen molar-refractivity contribution in [2.24, 2.45) is 0 Å². The van der Waals surface area contributed by atoms with Gasteiger partial charge in [0, 0.05) is 31.0 Å². The van der Waals surface area contributed by atoms with Crippen molar-refractivity contribution in [2.75, 3.05) is 18.8 Å². The highest BCUT2D eigenvalue weighted by molar-refractivity contribution is 5.94. The summed E-state index contributed by atoms with van der Waals surface area (Å²) in [5, 5.41) is 0. The fraction of sp³-hybridized carbons (Fsp3) is 0.571. The van der Waals surface area contributed by atoms with Gasteiger partial charge in [-0.3, -0.25) is 9.59 Å². The third-order valence-corrected chi connectivity index (χ3v) is 3.49. The summed E-state index contributed by atoms with van der Waals surface area (Å²) in [4.78, 5) is 26.5. The topological polar surface area (TPSA) is 68.3 Å². The molecule has 2 N–H and O–H groups in total. The standard InChI is InChI=1S/C14H21N3O2/c1-10(2)17-9-11(15)8-12(14(17)19)13(18)16-6-4-3-5-7-16/h8-10H,3-7,15H2,1-2H3. The third-order valence-electron chi connectivity index (χ3n) is 3.49. The Labute approximate surface area is 113 Å². The highest BCUT2D eigenvalue weighted by Gasteiger charge is 2.22. The fourth-order valence-electron chi connectivity index (χ4n) is 2.43. The van der Waals surface area contributed by atoms with E-state index in [0.29, 0.717) is 5.69 Å². The predicted octanol–water partition coefficient (Wildman–Crippen LogP) is 1.64. The van der Waals surface area contributed by atoms with E-state index >= 15 is 0 Å². The summed E-state index contributed by atoms with van der Waals surface area (Å²) in [7, 11) is 0. The molecule has 5 heteroatoms. The van der Waals surface area contributed by atoms with Crippen LogP contribution in [0, 0.1) is 0 Å². The Hall–Kier alpha value is -1.78. The van der Waals surface area contributed by atoms with Crippen molar-refractivity contribution in [1.29, 1.82) is 0 Å². The highest BCUT2D eigenvalue weighted by Crippen LogP contribution is 2.14. The van der Waals surface area contributed by atoms with Gasteiger partial charge in [-0.25, -0.2) is 0 Å². The summed E-state index contributed by atoms with van der Waals surface area (Å²) >= 11 is 0. The van der Waals surface area contributed by atoms with Crippen LogP contribution < -0.4 is 11.3 Å². The summed E-state index contributed by atoms with van der Waals surface area (Å²) in [5.41, 5.74) is 6.20. The van der Waals surface area contributed by atoms with Crippen LogP contribution in [-0.2, 0) is 0 Å². The number of amides is 1. The number of nitrogen functional groups attached to an aromatic ring is 1. The lowest BCUT2D eigenvalue weighted by molar-refractivity contribution is 0.0722. The average Bonchev–Trinajstić information content (AvgIpc) is 2.41. The van der Waals surface area contributed by atoms with Crippen molar-refractivity contribution in [1.82, 2.24) is 9.47 Å². The van der Waals surface area contributed by atoms with Crippen LogP contribution in [0.15, 0.2) is 17.1 Å². The predicted molar refractivity (Wildman–Crippen MR) is 75.3 cm³/mol. The van der Waals surface area contributed by atoms with E-state index in [4.69, 9.17) is 5.73 Å². The van der Waals surface area contributed by atoms with Crippen molar-refractivity contribution < 1.29 is 4.79 Å². The molecule has 0 atom stereocenters. The Kier molecular flexibility index (Phi) is 3.93. The Morgan fingerprint density at radius 3 is 2.47 bits per heavy atom. The van der Waals surface area contributed by atoms with E-state index < -0.39 is 0 Å². The summed E-state index contributed by atoms with van der Waals surface area (Å²) in [5.74, 6) is -0.189. The zero-order valence-electron chi connectivity index (χ0n) is 11.6. The number of aromatic nitrogens is 1. The number of carbonyl (C=O) groups excluding carboxylic acids is 1. The maximum atomic E-state index is 12.4. The minimum Gasteiger partial charge on any atom is -0.398 e. The normalized spacial score (nSPS) is 15.8. The number of pyridine rings is 1. The molecule has 0 aromatic carbocycles. The molecule has 0 unspecified atom stereocenters. The zero-order chi connectivity index (χ0) is 14.0. The van der Waals surface area contributed by atoms with Crippen molar-refractivity contribution in [3.05, 3.63) is 28.2 Å². The van der Waals surface area contributed by atoms with Crippen LogP contribution in [0.25, 0.3) is 0 Å². The Balaban J connectivity index is 2.38. The molecule has 0 saturated carbocycles. The van der Waals surface area contributed by atoms with Crippen molar-refractivity contribution in [3.63, 3.8) is 0 Å². The molecule has 5 nitrogen and oxygen atoms in total. The highest BCUT2D eigenvalue weighted by atomic mass is 16.2. The molecule has 1 aromatic rings. The maximum Gasteiger partial charge on any atom is 0.263 e. The van der Waals surface area contributed by atoms with Crippen molar-refractivity contribution >= 4 is 11.6 Å². The van der Waals surface area contributed by atoms with Gasteiger partial charge >= 0.3 is 0 Å².